The fraction of sp³-hybridized carbons (Fsp3) is 0.364. The largest absolute Gasteiger partial charge is 0.497 e. The minimum Gasteiger partial charge on any atom is -0.497 e. The van der Waals surface area contributed by atoms with Crippen molar-refractivity contribution >= 4 is 11.6 Å². The van der Waals surface area contributed by atoms with E-state index < -0.39 is 0 Å². The first kappa shape index (κ1) is 10.8. The van der Waals surface area contributed by atoms with Crippen LogP contribution in [0.2, 0.25) is 0 Å². The van der Waals surface area contributed by atoms with E-state index >= 15 is 0 Å². The molecular weight excluding hydrogens is 208 g/mol. The molecule has 2 N–H and O–H groups in total. The molecule has 1 aliphatic rings. The summed E-state index contributed by atoms with van der Waals surface area (Å²) in [4.78, 5) is 17.1. The lowest BCUT2D eigenvalue weighted by atomic mass is 10.1. The average molecular weight is 222 g/mol. The van der Waals surface area contributed by atoms with E-state index in [0.29, 0.717) is 30.2 Å². The van der Waals surface area contributed by atoms with Crippen LogP contribution in [0.25, 0.3) is 0 Å². The van der Waals surface area contributed by atoms with Gasteiger partial charge in [0.25, 0.3) is 5.91 Å². The summed E-state index contributed by atoms with van der Waals surface area (Å²) in [5.74, 6) is 0.394. The minimum atomic E-state index is -0.178. The molecule has 0 spiro atoms. The highest BCUT2D eigenvalue weighted by Gasteiger charge is 2.21. The van der Waals surface area contributed by atoms with Crippen LogP contribution in [-0.4, -0.2) is 31.2 Å². The van der Waals surface area contributed by atoms with Crippen molar-refractivity contribution in [1.29, 1.82) is 0 Å². The Labute approximate surface area is 93.7 Å². The zero-order valence-corrected chi connectivity index (χ0v) is 9.10. The highest BCUT2D eigenvalue weighted by molar-refractivity contribution is 5.95. The van der Waals surface area contributed by atoms with Gasteiger partial charge in [-0.05, 0) is 18.6 Å². The number of methoxy groups -OCH3 is 1. The maximum absolute atomic E-state index is 12.0. The molecule has 1 amide bonds. The fourth-order valence-corrected chi connectivity index (χ4v) is 1.62. The molecule has 0 saturated carbocycles. The molecule has 2 rings (SSSR count). The molecule has 1 aromatic rings. The maximum Gasteiger partial charge on any atom is 0.277 e. The molecule has 0 radical (unpaired) electrons. The van der Waals surface area contributed by atoms with Crippen molar-refractivity contribution < 1.29 is 14.4 Å². The highest BCUT2D eigenvalue weighted by Crippen LogP contribution is 2.20. The summed E-state index contributed by atoms with van der Waals surface area (Å²) in [5.41, 5.74) is 6.67. The van der Waals surface area contributed by atoms with E-state index in [0.717, 1.165) is 6.42 Å². The standard InChI is InChI=1S/C11H14N2O3/c1-15-10-6-8(5-9(12)7-10)11(14)13-3-2-4-16-13/h5-7H,2-4,12H2,1H3. The number of nitrogen functional groups attached to an aromatic ring is 1. The van der Waals surface area contributed by atoms with Crippen molar-refractivity contribution in [3.8, 4) is 5.75 Å². The van der Waals surface area contributed by atoms with Crippen LogP contribution in [0.15, 0.2) is 18.2 Å². The number of hydrogen-bond donors (Lipinski definition) is 1. The van der Waals surface area contributed by atoms with Crippen molar-refractivity contribution in [2.45, 2.75) is 6.42 Å². The molecular formula is C11H14N2O3. The van der Waals surface area contributed by atoms with Gasteiger partial charge >= 0.3 is 0 Å². The Bertz CT molecular complexity index is 400. The Morgan fingerprint density at radius 2 is 2.31 bits per heavy atom. The molecule has 0 bridgehead atoms. The van der Waals surface area contributed by atoms with Gasteiger partial charge in [-0.15, -0.1) is 0 Å². The number of ether oxygens (including phenoxy) is 1. The lowest BCUT2D eigenvalue weighted by Gasteiger charge is -2.14. The summed E-state index contributed by atoms with van der Waals surface area (Å²) >= 11 is 0. The summed E-state index contributed by atoms with van der Waals surface area (Å²) in [6.07, 6.45) is 0.866. The topological polar surface area (TPSA) is 64.8 Å². The Hall–Kier alpha value is -1.75. The third-order valence-electron chi connectivity index (χ3n) is 2.39. The first-order chi connectivity index (χ1) is 7.70. The zero-order valence-electron chi connectivity index (χ0n) is 9.10. The van der Waals surface area contributed by atoms with E-state index in [1.165, 1.54) is 12.2 Å². The number of hydroxylamine groups is 2. The van der Waals surface area contributed by atoms with Crippen LogP contribution >= 0.6 is 0 Å². The van der Waals surface area contributed by atoms with Crippen molar-refractivity contribution in [3.63, 3.8) is 0 Å². The molecule has 1 aliphatic heterocycles. The van der Waals surface area contributed by atoms with E-state index in [1.807, 2.05) is 0 Å². The van der Waals surface area contributed by atoms with Crippen LogP contribution in [0.1, 0.15) is 16.8 Å². The van der Waals surface area contributed by atoms with E-state index in [4.69, 9.17) is 15.3 Å². The van der Waals surface area contributed by atoms with Gasteiger partial charge in [0.05, 0.1) is 20.3 Å². The molecule has 0 aromatic heterocycles. The predicted octanol–water partition coefficient (Wildman–Crippen LogP) is 1.05. The summed E-state index contributed by atoms with van der Waals surface area (Å²) in [6, 6.07) is 4.94. The minimum absolute atomic E-state index is 0.178. The van der Waals surface area contributed by atoms with Crippen molar-refractivity contribution in [3.05, 3.63) is 23.8 Å². The number of carbonyl (C=O) groups excluding carboxylic acids is 1. The number of amides is 1. The van der Waals surface area contributed by atoms with Crippen molar-refractivity contribution in [1.82, 2.24) is 5.06 Å². The number of rotatable bonds is 2. The average Bonchev–Trinajstić information content (AvgIpc) is 2.80. The van der Waals surface area contributed by atoms with E-state index in [9.17, 15) is 4.79 Å². The molecule has 1 saturated heterocycles. The number of benzene rings is 1. The number of hydrogen-bond acceptors (Lipinski definition) is 4. The second-order valence-corrected chi connectivity index (χ2v) is 3.59. The first-order valence-corrected chi connectivity index (χ1v) is 5.10. The van der Waals surface area contributed by atoms with Gasteiger partial charge in [0.15, 0.2) is 0 Å². The third-order valence-corrected chi connectivity index (χ3v) is 2.39. The summed E-state index contributed by atoms with van der Waals surface area (Å²) in [5, 5.41) is 1.36. The van der Waals surface area contributed by atoms with Crippen molar-refractivity contribution in [2.75, 3.05) is 26.0 Å². The summed E-state index contributed by atoms with van der Waals surface area (Å²) in [7, 11) is 1.54. The summed E-state index contributed by atoms with van der Waals surface area (Å²) in [6.45, 7) is 1.21. The van der Waals surface area contributed by atoms with Crippen LogP contribution in [0.5, 0.6) is 5.75 Å². The third kappa shape index (κ3) is 2.09. The van der Waals surface area contributed by atoms with Gasteiger partial charge in [0.2, 0.25) is 0 Å². The van der Waals surface area contributed by atoms with Crippen LogP contribution in [-0.2, 0) is 4.84 Å². The molecule has 0 atom stereocenters. The Balaban J connectivity index is 2.24. The SMILES string of the molecule is COc1cc(N)cc(C(=O)N2CCCO2)c1. The van der Waals surface area contributed by atoms with Crippen molar-refractivity contribution in [2.24, 2.45) is 0 Å². The van der Waals surface area contributed by atoms with Gasteiger partial charge in [-0.2, -0.15) is 0 Å². The number of nitrogens with zero attached hydrogens (tertiary/aromatic N) is 1. The number of nitrogens with two attached hydrogens (primary N) is 1. The van der Waals surface area contributed by atoms with Crippen LogP contribution < -0.4 is 10.5 Å². The number of carbonyl (C=O) groups is 1. The van der Waals surface area contributed by atoms with Crippen LogP contribution in [0.4, 0.5) is 5.69 Å². The van der Waals surface area contributed by atoms with Crippen LogP contribution in [0, 0.1) is 0 Å². The number of anilines is 1. The first-order valence-electron chi connectivity index (χ1n) is 5.10. The second-order valence-electron chi connectivity index (χ2n) is 3.59. The molecule has 0 aliphatic carbocycles. The van der Waals surface area contributed by atoms with Gasteiger partial charge in [-0.3, -0.25) is 9.63 Å². The zero-order chi connectivity index (χ0) is 11.5. The lowest BCUT2D eigenvalue weighted by Crippen LogP contribution is -2.26. The van der Waals surface area contributed by atoms with Gasteiger partial charge in [0, 0.05) is 17.3 Å². The smallest absolute Gasteiger partial charge is 0.277 e. The molecule has 1 aromatic carbocycles. The molecule has 5 heteroatoms. The molecule has 1 fully saturated rings. The molecule has 1 heterocycles. The normalized spacial score (nSPS) is 15.2. The molecule has 5 nitrogen and oxygen atoms in total. The Kier molecular flexibility index (Phi) is 2.96. The Morgan fingerprint density at radius 3 is 2.94 bits per heavy atom. The van der Waals surface area contributed by atoms with Crippen LogP contribution in [0.3, 0.4) is 0 Å². The van der Waals surface area contributed by atoms with E-state index in [-0.39, 0.29) is 5.91 Å². The van der Waals surface area contributed by atoms with E-state index in [2.05, 4.69) is 0 Å². The molecule has 0 unspecified atom stereocenters. The molecule has 86 valence electrons. The monoisotopic (exact) mass is 222 g/mol. The maximum atomic E-state index is 12.0. The Morgan fingerprint density at radius 1 is 1.50 bits per heavy atom. The predicted molar refractivity (Wildman–Crippen MR) is 59.0 cm³/mol. The van der Waals surface area contributed by atoms with Gasteiger partial charge in [-0.1, -0.05) is 0 Å². The molecule has 16 heavy (non-hydrogen) atoms. The van der Waals surface area contributed by atoms with Gasteiger partial charge in [-0.25, -0.2) is 5.06 Å². The van der Waals surface area contributed by atoms with E-state index in [1.54, 1.807) is 18.2 Å². The summed E-state index contributed by atoms with van der Waals surface area (Å²) < 4.78 is 5.06. The second kappa shape index (κ2) is 4.40. The quantitative estimate of drug-likeness (QED) is 0.760. The van der Waals surface area contributed by atoms with Gasteiger partial charge in [0.1, 0.15) is 5.75 Å². The fourth-order valence-electron chi connectivity index (χ4n) is 1.62. The highest BCUT2D eigenvalue weighted by atomic mass is 16.7. The van der Waals surface area contributed by atoms with Gasteiger partial charge < -0.3 is 10.5 Å². The lowest BCUT2D eigenvalue weighted by molar-refractivity contribution is -0.0768.